The van der Waals surface area contributed by atoms with Crippen LogP contribution in [0.15, 0.2) is 40.7 Å². The fourth-order valence-corrected chi connectivity index (χ4v) is 3.94. The Morgan fingerprint density at radius 3 is 2.59 bits per heavy atom. The number of tetrazole rings is 1. The van der Waals surface area contributed by atoms with Crippen LogP contribution < -0.4 is 10.6 Å². The fraction of sp³-hybridized carbons (Fsp3) is 0.368. The van der Waals surface area contributed by atoms with E-state index in [1.54, 1.807) is 7.05 Å². The van der Waals surface area contributed by atoms with Gasteiger partial charge in [0.2, 0.25) is 11.1 Å². The molecule has 0 spiro atoms. The number of phenols is 1. The number of rotatable bonds is 10. The highest BCUT2D eigenvalue weighted by Crippen LogP contribution is 2.23. The van der Waals surface area contributed by atoms with Crippen molar-refractivity contribution in [3.8, 4) is 5.75 Å². The van der Waals surface area contributed by atoms with Crippen molar-refractivity contribution < 1.29 is 39.2 Å². The summed E-state index contributed by atoms with van der Waals surface area (Å²) >= 11 is 1.21. The number of thioether (sulfide) groups is 1. The molecule has 3 atom stereocenters. The SMILES string of the molecule is CO[C@H](NC(=O)C(C(=O)O)c1ccc(O)cc1)[C@@H]1NC(C(=O)O)=C(CSc2nnnn2C)CO1. The summed E-state index contributed by atoms with van der Waals surface area (Å²) < 4.78 is 12.3. The monoisotopic (exact) mass is 494 g/mol. The van der Waals surface area contributed by atoms with Gasteiger partial charge in [0.05, 0.1) is 6.61 Å². The Hall–Kier alpha value is -3.69. The summed E-state index contributed by atoms with van der Waals surface area (Å²) in [5.74, 6) is -5.02. The summed E-state index contributed by atoms with van der Waals surface area (Å²) in [5, 5.41) is 45.3. The third-order valence-electron chi connectivity index (χ3n) is 4.80. The Bertz CT molecular complexity index is 1090. The molecule has 15 heteroatoms. The second kappa shape index (κ2) is 11.0. The highest BCUT2D eigenvalue weighted by Gasteiger charge is 2.35. The number of nitrogens with zero attached hydrogens (tertiary/aromatic N) is 4. The van der Waals surface area contributed by atoms with Crippen LogP contribution in [0.2, 0.25) is 0 Å². The van der Waals surface area contributed by atoms with E-state index in [4.69, 9.17) is 9.47 Å². The van der Waals surface area contributed by atoms with E-state index in [0.717, 1.165) is 0 Å². The van der Waals surface area contributed by atoms with Crippen LogP contribution in [0.3, 0.4) is 0 Å². The van der Waals surface area contributed by atoms with E-state index in [1.807, 2.05) is 0 Å². The number of aliphatic carboxylic acids is 2. The molecule has 2 aromatic rings. The maximum atomic E-state index is 12.8. The molecule has 1 aromatic carbocycles. The number of benzene rings is 1. The summed E-state index contributed by atoms with van der Waals surface area (Å²) in [6.45, 7) is -0.0897. The lowest BCUT2D eigenvalue weighted by Crippen LogP contribution is -2.56. The predicted octanol–water partition coefficient (Wildman–Crippen LogP) is -0.750. The van der Waals surface area contributed by atoms with Crippen molar-refractivity contribution in [2.24, 2.45) is 7.05 Å². The Morgan fingerprint density at radius 2 is 2.03 bits per heavy atom. The van der Waals surface area contributed by atoms with Gasteiger partial charge in [-0.1, -0.05) is 23.9 Å². The molecule has 0 aliphatic carbocycles. The van der Waals surface area contributed by atoms with Crippen LogP contribution in [0.1, 0.15) is 11.5 Å². The van der Waals surface area contributed by atoms with E-state index in [9.17, 15) is 29.7 Å². The van der Waals surface area contributed by atoms with E-state index in [-0.39, 0.29) is 29.4 Å². The zero-order chi connectivity index (χ0) is 24.8. The lowest BCUT2D eigenvalue weighted by Gasteiger charge is -2.33. The largest absolute Gasteiger partial charge is 0.508 e. The van der Waals surface area contributed by atoms with Gasteiger partial charge in [-0.2, -0.15) is 0 Å². The molecule has 34 heavy (non-hydrogen) atoms. The zero-order valence-electron chi connectivity index (χ0n) is 18.0. The normalized spacial score (nSPS) is 17.5. The first kappa shape index (κ1) is 24.9. The van der Waals surface area contributed by atoms with E-state index < -0.39 is 36.2 Å². The molecular formula is C19H22N6O8S. The quantitative estimate of drug-likeness (QED) is 0.157. The minimum Gasteiger partial charge on any atom is -0.508 e. The number of carbonyl (C=O) groups is 3. The van der Waals surface area contributed by atoms with Gasteiger partial charge in [-0.25, -0.2) is 9.48 Å². The van der Waals surface area contributed by atoms with Crippen LogP contribution in [0, 0.1) is 0 Å². The van der Waals surface area contributed by atoms with Crippen molar-refractivity contribution in [1.29, 1.82) is 0 Å². The molecule has 0 bridgehead atoms. The van der Waals surface area contributed by atoms with Crippen molar-refractivity contribution in [1.82, 2.24) is 30.8 Å². The maximum absolute atomic E-state index is 12.8. The molecule has 0 saturated heterocycles. The number of ether oxygens (including phenoxy) is 2. The number of aromatic nitrogens is 4. The molecule has 3 rings (SSSR count). The molecule has 5 N–H and O–H groups in total. The number of hydrogen-bond donors (Lipinski definition) is 5. The van der Waals surface area contributed by atoms with Crippen LogP contribution in [-0.4, -0.2) is 85.3 Å². The summed E-state index contributed by atoms with van der Waals surface area (Å²) in [7, 11) is 2.90. The number of aryl methyl sites for hydroxylation is 1. The topological polar surface area (TPSA) is 198 Å². The lowest BCUT2D eigenvalue weighted by molar-refractivity contribution is -0.146. The molecular weight excluding hydrogens is 472 g/mol. The Labute approximate surface area is 196 Å². The van der Waals surface area contributed by atoms with Gasteiger partial charge in [0, 0.05) is 19.9 Å². The Kier molecular flexibility index (Phi) is 8.04. The summed E-state index contributed by atoms with van der Waals surface area (Å²) in [6.07, 6.45) is -2.32. The van der Waals surface area contributed by atoms with Gasteiger partial charge in [0.25, 0.3) is 0 Å². The van der Waals surface area contributed by atoms with Gasteiger partial charge in [0.1, 0.15) is 11.4 Å². The Balaban J connectivity index is 1.72. The molecule has 0 fully saturated rings. The van der Waals surface area contributed by atoms with Crippen LogP contribution in [0.25, 0.3) is 0 Å². The van der Waals surface area contributed by atoms with Crippen LogP contribution >= 0.6 is 11.8 Å². The van der Waals surface area contributed by atoms with E-state index in [0.29, 0.717) is 10.7 Å². The summed E-state index contributed by atoms with van der Waals surface area (Å²) in [6, 6.07) is 5.15. The molecule has 1 aliphatic heterocycles. The van der Waals surface area contributed by atoms with Gasteiger partial charge in [-0.15, -0.1) is 5.10 Å². The average Bonchev–Trinajstić information content (AvgIpc) is 3.21. The number of carbonyl (C=O) groups excluding carboxylic acids is 1. The van der Waals surface area contributed by atoms with Gasteiger partial charge in [-0.3, -0.25) is 9.59 Å². The van der Waals surface area contributed by atoms with Crippen molar-refractivity contribution in [3.63, 3.8) is 0 Å². The number of aromatic hydroxyl groups is 1. The summed E-state index contributed by atoms with van der Waals surface area (Å²) in [4.78, 5) is 36.3. The van der Waals surface area contributed by atoms with Crippen molar-refractivity contribution in [3.05, 3.63) is 41.1 Å². The minimum atomic E-state index is -1.59. The van der Waals surface area contributed by atoms with E-state index >= 15 is 0 Å². The average molecular weight is 494 g/mol. The molecule has 1 amide bonds. The van der Waals surface area contributed by atoms with Crippen LogP contribution in [0.4, 0.5) is 0 Å². The van der Waals surface area contributed by atoms with E-state index in [2.05, 4.69) is 26.2 Å². The van der Waals surface area contributed by atoms with Crippen LogP contribution in [0.5, 0.6) is 5.75 Å². The van der Waals surface area contributed by atoms with Gasteiger partial charge in [0.15, 0.2) is 18.4 Å². The standard InChI is InChI=1S/C19H22N6O8S/c1-25-19(22-23-24-25)34-8-10-7-33-16(20-13(10)18(30)31)15(32-2)21-14(27)12(17(28)29)9-3-5-11(26)6-4-9/h3-6,12,15-16,20,26H,7-8H2,1-2H3,(H,21,27)(H,28,29)(H,30,31)/t12?,15-,16+/m0/s1. The minimum absolute atomic E-state index is 0.0831. The van der Waals surface area contributed by atoms with E-state index in [1.165, 1.54) is 47.8 Å². The van der Waals surface area contributed by atoms with Gasteiger partial charge >= 0.3 is 11.9 Å². The fourth-order valence-electron chi connectivity index (χ4n) is 3.09. The number of phenolic OH excluding ortho intramolecular Hbond substituents is 1. The second-order valence-electron chi connectivity index (χ2n) is 7.06. The van der Waals surface area contributed by atoms with Crippen molar-refractivity contribution in [2.45, 2.75) is 23.5 Å². The van der Waals surface area contributed by atoms with Crippen LogP contribution in [-0.2, 0) is 30.9 Å². The number of carboxylic acids is 2. The first-order valence-electron chi connectivity index (χ1n) is 9.74. The molecule has 1 aliphatic rings. The lowest BCUT2D eigenvalue weighted by atomic mass is 9.98. The maximum Gasteiger partial charge on any atom is 0.352 e. The molecule has 0 radical (unpaired) electrons. The first-order valence-corrected chi connectivity index (χ1v) is 10.7. The molecule has 1 aromatic heterocycles. The molecule has 2 heterocycles. The van der Waals surface area contributed by atoms with Crippen molar-refractivity contribution >= 4 is 29.6 Å². The summed E-state index contributed by atoms with van der Waals surface area (Å²) in [5.41, 5.74) is 0.424. The highest BCUT2D eigenvalue weighted by atomic mass is 32.2. The molecule has 0 saturated carbocycles. The number of amides is 1. The number of hydrogen-bond acceptors (Lipinski definition) is 11. The first-order chi connectivity index (χ1) is 16.2. The molecule has 1 unspecified atom stereocenters. The molecule has 14 nitrogen and oxygen atoms in total. The number of nitrogens with one attached hydrogen (secondary N) is 2. The smallest absolute Gasteiger partial charge is 0.352 e. The third-order valence-corrected chi connectivity index (χ3v) is 5.89. The predicted molar refractivity (Wildman–Crippen MR) is 114 cm³/mol. The zero-order valence-corrected chi connectivity index (χ0v) is 18.9. The second-order valence-corrected chi connectivity index (χ2v) is 8.00. The van der Waals surface area contributed by atoms with Gasteiger partial charge < -0.3 is 35.4 Å². The number of carboxylic acid groups (broad SMARTS) is 2. The third kappa shape index (κ3) is 5.81. The van der Waals surface area contributed by atoms with Gasteiger partial charge in [-0.05, 0) is 33.7 Å². The number of methoxy groups -OCH3 is 1. The van der Waals surface area contributed by atoms with Crippen molar-refractivity contribution in [2.75, 3.05) is 19.5 Å². The molecule has 182 valence electrons. The Morgan fingerprint density at radius 1 is 1.32 bits per heavy atom. The highest BCUT2D eigenvalue weighted by molar-refractivity contribution is 7.99.